The number of ether oxygens (including phenoxy) is 1. The van der Waals surface area contributed by atoms with Crippen molar-refractivity contribution in [2.75, 3.05) is 45.6 Å². The molecule has 3 aromatic carbocycles. The van der Waals surface area contributed by atoms with Gasteiger partial charge in [-0.25, -0.2) is 8.78 Å². The summed E-state index contributed by atoms with van der Waals surface area (Å²) in [6.45, 7) is 3.87. The molecule has 1 fully saturated rings. The highest BCUT2D eigenvalue weighted by molar-refractivity contribution is 7.99. The lowest BCUT2D eigenvalue weighted by Crippen LogP contribution is -2.50. The van der Waals surface area contributed by atoms with Crippen molar-refractivity contribution in [3.8, 4) is 5.75 Å². The van der Waals surface area contributed by atoms with Gasteiger partial charge in [-0.05, 0) is 59.7 Å². The maximum Gasteiger partial charge on any atom is 0.123 e. The van der Waals surface area contributed by atoms with E-state index in [1.165, 1.54) is 24.3 Å². The minimum absolute atomic E-state index is 0.0705. The Balaban J connectivity index is 1.33. The van der Waals surface area contributed by atoms with Crippen molar-refractivity contribution in [2.45, 2.75) is 17.0 Å². The topological polar surface area (TPSA) is 35.9 Å². The Bertz CT molecular complexity index is 979. The molecular weight excluding hydrogens is 454 g/mol. The summed E-state index contributed by atoms with van der Waals surface area (Å²) in [6.07, 6.45) is -0.427. The van der Waals surface area contributed by atoms with Crippen molar-refractivity contribution in [3.63, 3.8) is 0 Å². The number of aliphatic hydroxyl groups excluding tert-OH is 1. The molecule has 1 N–H and O–H groups in total. The summed E-state index contributed by atoms with van der Waals surface area (Å²) in [6, 6.07) is 20.9. The molecule has 1 unspecified atom stereocenters. The molecule has 0 bridgehead atoms. The molecule has 0 amide bonds. The van der Waals surface area contributed by atoms with Crippen molar-refractivity contribution in [2.24, 2.45) is 0 Å². The lowest BCUT2D eigenvalue weighted by Gasteiger charge is -2.40. The van der Waals surface area contributed by atoms with Crippen LogP contribution < -0.4 is 4.74 Å². The SMILES string of the molecule is COc1ccc(SCC(O)CN2CCN(C(c3ccc(F)cc3)c3ccc(F)cc3)CC2)cc1. The highest BCUT2D eigenvalue weighted by Gasteiger charge is 2.27. The number of piperazine rings is 1. The monoisotopic (exact) mass is 484 g/mol. The first-order valence-corrected chi connectivity index (χ1v) is 12.4. The van der Waals surface area contributed by atoms with Gasteiger partial charge in [-0.15, -0.1) is 11.8 Å². The van der Waals surface area contributed by atoms with E-state index in [-0.39, 0.29) is 17.7 Å². The van der Waals surface area contributed by atoms with Crippen LogP contribution in [0.4, 0.5) is 8.78 Å². The van der Waals surface area contributed by atoms with Crippen LogP contribution in [-0.4, -0.2) is 66.6 Å². The minimum Gasteiger partial charge on any atom is -0.497 e. The van der Waals surface area contributed by atoms with Crippen LogP contribution in [0.3, 0.4) is 0 Å². The molecule has 3 aromatic rings. The molecular formula is C27H30F2N2O2S. The molecule has 0 radical (unpaired) electrons. The molecule has 4 nitrogen and oxygen atoms in total. The van der Waals surface area contributed by atoms with Gasteiger partial charge in [0.25, 0.3) is 0 Å². The van der Waals surface area contributed by atoms with Crippen molar-refractivity contribution >= 4 is 11.8 Å². The quantitative estimate of drug-likeness (QED) is 0.440. The molecule has 0 saturated carbocycles. The zero-order valence-corrected chi connectivity index (χ0v) is 20.1. The van der Waals surface area contributed by atoms with E-state index in [0.29, 0.717) is 12.3 Å². The maximum absolute atomic E-state index is 13.5. The fraction of sp³-hybridized carbons (Fsp3) is 0.333. The number of rotatable bonds is 9. The third-order valence-corrected chi connectivity index (χ3v) is 7.27. The fourth-order valence-corrected chi connectivity index (χ4v) is 5.14. The van der Waals surface area contributed by atoms with E-state index < -0.39 is 6.10 Å². The fourth-order valence-electron chi connectivity index (χ4n) is 4.32. The number of halogens is 2. The Hall–Kier alpha value is -2.45. The van der Waals surface area contributed by atoms with Crippen LogP contribution >= 0.6 is 11.8 Å². The summed E-state index contributed by atoms with van der Waals surface area (Å²) in [7, 11) is 1.65. The van der Waals surface area contributed by atoms with Crippen LogP contribution in [0.1, 0.15) is 17.2 Å². The first-order valence-electron chi connectivity index (χ1n) is 11.4. The Labute approximate surface area is 204 Å². The van der Waals surface area contributed by atoms with Crippen LogP contribution in [0.15, 0.2) is 77.7 Å². The average molecular weight is 485 g/mol. The Morgan fingerprint density at radius 2 is 1.35 bits per heavy atom. The van der Waals surface area contributed by atoms with Gasteiger partial charge < -0.3 is 9.84 Å². The van der Waals surface area contributed by atoms with E-state index >= 15 is 0 Å². The van der Waals surface area contributed by atoms with Gasteiger partial charge in [-0.2, -0.15) is 0 Å². The third kappa shape index (κ3) is 6.57. The van der Waals surface area contributed by atoms with Crippen molar-refractivity contribution in [1.82, 2.24) is 9.80 Å². The minimum atomic E-state index is -0.427. The predicted molar refractivity (Wildman–Crippen MR) is 132 cm³/mol. The van der Waals surface area contributed by atoms with E-state index in [4.69, 9.17) is 4.74 Å². The lowest BCUT2D eigenvalue weighted by molar-refractivity contribution is 0.0708. The Morgan fingerprint density at radius 3 is 1.85 bits per heavy atom. The molecule has 1 aliphatic rings. The number of aliphatic hydroxyl groups is 1. The molecule has 34 heavy (non-hydrogen) atoms. The number of methoxy groups -OCH3 is 1. The van der Waals surface area contributed by atoms with E-state index in [0.717, 1.165) is 48.0 Å². The molecule has 1 heterocycles. The second-order valence-electron chi connectivity index (χ2n) is 8.48. The summed E-state index contributed by atoms with van der Waals surface area (Å²) >= 11 is 1.63. The van der Waals surface area contributed by atoms with E-state index in [2.05, 4.69) is 9.80 Å². The predicted octanol–water partition coefficient (Wildman–Crippen LogP) is 4.83. The van der Waals surface area contributed by atoms with E-state index in [1.807, 2.05) is 24.3 Å². The van der Waals surface area contributed by atoms with Gasteiger partial charge >= 0.3 is 0 Å². The molecule has 1 atom stereocenters. The first kappa shape index (κ1) is 24.7. The number of nitrogens with zero attached hydrogens (tertiary/aromatic N) is 2. The molecule has 0 spiro atoms. The van der Waals surface area contributed by atoms with Gasteiger partial charge in [0.15, 0.2) is 0 Å². The average Bonchev–Trinajstić information content (AvgIpc) is 2.86. The van der Waals surface area contributed by atoms with Gasteiger partial charge in [0.05, 0.1) is 19.3 Å². The largest absolute Gasteiger partial charge is 0.497 e. The van der Waals surface area contributed by atoms with Gasteiger partial charge in [-0.3, -0.25) is 9.80 Å². The Morgan fingerprint density at radius 1 is 0.824 bits per heavy atom. The standard InChI is InChI=1S/C27H30F2N2O2S/c1-33-25-10-12-26(13-11-25)34-19-24(32)18-30-14-16-31(17-15-30)27(20-2-6-22(28)7-3-20)21-4-8-23(29)9-5-21/h2-13,24,27,32H,14-19H2,1H3. The zero-order chi connectivity index (χ0) is 23.9. The summed E-state index contributed by atoms with van der Waals surface area (Å²) in [4.78, 5) is 5.73. The van der Waals surface area contributed by atoms with Crippen LogP contribution in [0.5, 0.6) is 5.75 Å². The number of benzene rings is 3. The smallest absolute Gasteiger partial charge is 0.123 e. The number of hydrogen-bond donors (Lipinski definition) is 1. The zero-order valence-electron chi connectivity index (χ0n) is 19.2. The van der Waals surface area contributed by atoms with Crippen LogP contribution in [0.2, 0.25) is 0 Å². The van der Waals surface area contributed by atoms with Gasteiger partial charge in [0.2, 0.25) is 0 Å². The molecule has 0 aliphatic carbocycles. The van der Waals surface area contributed by atoms with E-state index in [1.54, 1.807) is 43.1 Å². The van der Waals surface area contributed by atoms with Gasteiger partial charge in [0.1, 0.15) is 17.4 Å². The highest BCUT2D eigenvalue weighted by atomic mass is 32.2. The van der Waals surface area contributed by atoms with Crippen LogP contribution in [0.25, 0.3) is 0 Å². The van der Waals surface area contributed by atoms with Crippen molar-refractivity contribution in [3.05, 3.63) is 95.6 Å². The van der Waals surface area contributed by atoms with Crippen molar-refractivity contribution < 1.29 is 18.6 Å². The van der Waals surface area contributed by atoms with Crippen LogP contribution in [-0.2, 0) is 0 Å². The molecule has 1 aliphatic heterocycles. The summed E-state index contributed by atoms with van der Waals surface area (Å²) < 4.78 is 32.2. The van der Waals surface area contributed by atoms with Gasteiger partial charge in [-0.1, -0.05) is 24.3 Å². The molecule has 0 aromatic heterocycles. The maximum atomic E-state index is 13.5. The summed E-state index contributed by atoms with van der Waals surface area (Å²) in [5.41, 5.74) is 1.97. The summed E-state index contributed by atoms with van der Waals surface area (Å²) in [5.74, 6) is 0.906. The van der Waals surface area contributed by atoms with Crippen LogP contribution in [0, 0.1) is 11.6 Å². The number of thioether (sulfide) groups is 1. The lowest BCUT2D eigenvalue weighted by atomic mass is 9.96. The molecule has 1 saturated heterocycles. The molecule has 180 valence electrons. The summed E-state index contributed by atoms with van der Waals surface area (Å²) in [5, 5.41) is 10.6. The molecule has 4 rings (SSSR count). The van der Waals surface area contributed by atoms with Crippen molar-refractivity contribution in [1.29, 1.82) is 0 Å². The normalized spacial score (nSPS) is 16.0. The number of hydrogen-bond acceptors (Lipinski definition) is 5. The van der Waals surface area contributed by atoms with E-state index in [9.17, 15) is 13.9 Å². The third-order valence-electron chi connectivity index (χ3n) is 6.11. The molecule has 7 heteroatoms. The highest BCUT2D eigenvalue weighted by Crippen LogP contribution is 2.30. The van der Waals surface area contributed by atoms with Gasteiger partial charge in [0, 0.05) is 43.4 Å². The Kier molecular flexibility index (Phi) is 8.56. The first-order chi connectivity index (χ1) is 16.5. The second-order valence-corrected chi connectivity index (χ2v) is 9.58. The second kappa shape index (κ2) is 11.8. The number of β-amino-alcohol motifs (C(OH)–C–C–N with tert-alkyl or cyclic N) is 1.